The van der Waals surface area contributed by atoms with Crippen molar-refractivity contribution < 1.29 is 4.74 Å². The number of aryl methyl sites for hydroxylation is 1. The maximum Gasteiger partial charge on any atom is 0.111 e. The topological polar surface area (TPSA) is 39.1 Å². The standard InChI is InChI=1S/C16H25N3O/c1-4-10-17-13(9-11-20-3)12-16-18-14-7-5-6-8-15(14)19(16)2/h5-8,13,17H,4,9-12H2,1-3H3. The zero-order valence-corrected chi connectivity index (χ0v) is 12.7. The fourth-order valence-corrected chi connectivity index (χ4v) is 2.48. The van der Waals surface area contributed by atoms with E-state index in [1.807, 2.05) is 6.07 Å². The third-order valence-electron chi connectivity index (χ3n) is 3.66. The Labute approximate surface area is 121 Å². The molecule has 1 atom stereocenters. The van der Waals surface area contributed by atoms with Gasteiger partial charge in [0.2, 0.25) is 0 Å². The number of hydrogen-bond donors (Lipinski definition) is 1. The second kappa shape index (κ2) is 7.41. The van der Waals surface area contributed by atoms with Gasteiger partial charge in [-0.05, 0) is 31.5 Å². The third-order valence-corrected chi connectivity index (χ3v) is 3.66. The summed E-state index contributed by atoms with van der Waals surface area (Å²) >= 11 is 0. The Morgan fingerprint density at radius 2 is 2.15 bits per heavy atom. The number of imidazole rings is 1. The van der Waals surface area contributed by atoms with E-state index in [9.17, 15) is 0 Å². The summed E-state index contributed by atoms with van der Waals surface area (Å²) in [5, 5.41) is 3.59. The van der Waals surface area contributed by atoms with E-state index < -0.39 is 0 Å². The largest absolute Gasteiger partial charge is 0.385 e. The molecule has 0 radical (unpaired) electrons. The Balaban J connectivity index is 2.12. The molecule has 4 heteroatoms. The van der Waals surface area contributed by atoms with Gasteiger partial charge in [0.1, 0.15) is 5.82 Å². The van der Waals surface area contributed by atoms with Crippen molar-refractivity contribution in [3.8, 4) is 0 Å². The summed E-state index contributed by atoms with van der Waals surface area (Å²) in [5.74, 6) is 1.14. The third kappa shape index (κ3) is 3.58. The number of nitrogens with zero attached hydrogens (tertiary/aromatic N) is 2. The van der Waals surface area contributed by atoms with Gasteiger partial charge in [0.15, 0.2) is 0 Å². The predicted molar refractivity (Wildman–Crippen MR) is 83.0 cm³/mol. The van der Waals surface area contributed by atoms with Gasteiger partial charge in [0, 0.05) is 33.2 Å². The van der Waals surface area contributed by atoms with Gasteiger partial charge < -0.3 is 14.6 Å². The van der Waals surface area contributed by atoms with Crippen molar-refractivity contribution in [1.82, 2.24) is 14.9 Å². The van der Waals surface area contributed by atoms with Crippen LogP contribution in [0.3, 0.4) is 0 Å². The first kappa shape index (κ1) is 15.0. The molecule has 1 N–H and O–H groups in total. The average Bonchev–Trinajstić information content (AvgIpc) is 2.79. The van der Waals surface area contributed by atoms with Crippen molar-refractivity contribution in [2.45, 2.75) is 32.2 Å². The molecule has 1 heterocycles. The van der Waals surface area contributed by atoms with Crippen molar-refractivity contribution >= 4 is 11.0 Å². The highest BCUT2D eigenvalue weighted by molar-refractivity contribution is 5.75. The number of fused-ring (bicyclic) bond motifs is 1. The Morgan fingerprint density at radius 1 is 1.35 bits per heavy atom. The molecular weight excluding hydrogens is 250 g/mol. The van der Waals surface area contributed by atoms with Crippen LogP contribution >= 0.6 is 0 Å². The smallest absolute Gasteiger partial charge is 0.111 e. The molecule has 0 amide bonds. The molecule has 0 spiro atoms. The lowest BCUT2D eigenvalue weighted by molar-refractivity contribution is 0.182. The Kier molecular flexibility index (Phi) is 5.56. The van der Waals surface area contributed by atoms with Crippen LogP contribution < -0.4 is 5.32 Å². The SMILES string of the molecule is CCCNC(CCOC)Cc1nc2ccccc2n1C. The van der Waals surface area contributed by atoms with Crippen molar-refractivity contribution in [2.24, 2.45) is 7.05 Å². The molecule has 2 rings (SSSR count). The molecular formula is C16H25N3O. The molecule has 0 saturated heterocycles. The van der Waals surface area contributed by atoms with Crippen molar-refractivity contribution in [1.29, 1.82) is 0 Å². The first-order valence-electron chi connectivity index (χ1n) is 7.39. The van der Waals surface area contributed by atoms with Crippen LogP contribution in [-0.2, 0) is 18.2 Å². The summed E-state index contributed by atoms with van der Waals surface area (Å²) in [4.78, 5) is 4.75. The fourth-order valence-electron chi connectivity index (χ4n) is 2.48. The van der Waals surface area contributed by atoms with E-state index in [0.717, 1.165) is 43.8 Å². The van der Waals surface area contributed by atoms with Gasteiger partial charge >= 0.3 is 0 Å². The number of aromatic nitrogens is 2. The van der Waals surface area contributed by atoms with Gasteiger partial charge in [0.25, 0.3) is 0 Å². The number of nitrogens with one attached hydrogen (secondary N) is 1. The van der Waals surface area contributed by atoms with Crippen LogP contribution in [0.4, 0.5) is 0 Å². The van der Waals surface area contributed by atoms with E-state index in [1.54, 1.807) is 7.11 Å². The zero-order valence-electron chi connectivity index (χ0n) is 12.7. The molecule has 0 aliphatic rings. The molecule has 1 aromatic heterocycles. The van der Waals surface area contributed by atoms with Gasteiger partial charge in [-0.2, -0.15) is 0 Å². The van der Waals surface area contributed by atoms with Crippen molar-refractivity contribution in [3.05, 3.63) is 30.1 Å². The average molecular weight is 275 g/mol. The van der Waals surface area contributed by atoms with E-state index in [2.05, 4.69) is 42.1 Å². The normalized spacial score (nSPS) is 12.9. The van der Waals surface area contributed by atoms with Gasteiger partial charge in [-0.1, -0.05) is 19.1 Å². The highest BCUT2D eigenvalue weighted by Crippen LogP contribution is 2.16. The summed E-state index contributed by atoms with van der Waals surface area (Å²) in [6, 6.07) is 8.71. The molecule has 4 nitrogen and oxygen atoms in total. The number of rotatable bonds is 8. The second-order valence-corrected chi connectivity index (χ2v) is 5.21. The molecule has 20 heavy (non-hydrogen) atoms. The molecule has 0 saturated carbocycles. The quantitative estimate of drug-likeness (QED) is 0.804. The van der Waals surface area contributed by atoms with Gasteiger partial charge in [-0.25, -0.2) is 4.98 Å². The van der Waals surface area contributed by atoms with E-state index >= 15 is 0 Å². The van der Waals surface area contributed by atoms with E-state index in [0.29, 0.717) is 6.04 Å². The first-order valence-corrected chi connectivity index (χ1v) is 7.39. The van der Waals surface area contributed by atoms with Gasteiger partial charge in [-0.3, -0.25) is 0 Å². The number of ether oxygens (including phenoxy) is 1. The minimum atomic E-state index is 0.422. The minimum Gasteiger partial charge on any atom is -0.385 e. The highest BCUT2D eigenvalue weighted by Gasteiger charge is 2.14. The molecule has 0 aliphatic carbocycles. The monoisotopic (exact) mass is 275 g/mol. The molecule has 1 unspecified atom stereocenters. The lowest BCUT2D eigenvalue weighted by Crippen LogP contribution is -2.33. The summed E-state index contributed by atoms with van der Waals surface area (Å²) in [7, 11) is 3.85. The van der Waals surface area contributed by atoms with E-state index in [1.165, 1.54) is 5.52 Å². The van der Waals surface area contributed by atoms with Gasteiger partial charge in [0.05, 0.1) is 11.0 Å². The van der Waals surface area contributed by atoms with Crippen LogP contribution in [0, 0.1) is 0 Å². The van der Waals surface area contributed by atoms with Gasteiger partial charge in [-0.15, -0.1) is 0 Å². The van der Waals surface area contributed by atoms with Crippen molar-refractivity contribution in [2.75, 3.05) is 20.3 Å². The lowest BCUT2D eigenvalue weighted by Gasteiger charge is -2.17. The summed E-state index contributed by atoms with van der Waals surface area (Å²) in [5.41, 5.74) is 2.27. The number of methoxy groups -OCH3 is 1. The summed E-state index contributed by atoms with van der Waals surface area (Å²) in [6.07, 6.45) is 3.10. The van der Waals surface area contributed by atoms with Crippen LogP contribution in [0.1, 0.15) is 25.6 Å². The predicted octanol–water partition coefficient (Wildman–Crippen LogP) is 2.52. The Hall–Kier alpha value is -1.39. The Bertz CT molecular complexity index is 528. The Morgan fingerprint density at radius 3 is 2.85 bits per heavy atom. The number of para-hydroxylation sites is 2. The first-order chi connectivity index (χ1) is 9.76. The highest BCUT2D eigenvalue weighted by atomic mass is 16.5. The fraction of sp³-hybridized carbons (Fsp3) is 0.562. The van der Waals surface area contributed by atoms with Crippen LogP contribution in [0.25, 0.3) is 11.0 Å². The summed E-state index contributed by atoms with van der Waals surface area (Å²) in [6.45, 7) is 4.01. The zero-order chi connectivity index (χ0) is 14.4. The van der Waals surface area contributed by atoms with Crippen LogP contribution in [0.2, 0.25) is 0 Å². The summed E-state index contributed by atoms with van der Waals surface area (Å²) < 4.78 is 7.41. The molecule has 0 bridgehead atoms. The molecule has 2 aromatic rings. The van der Waals surface area contributed by atoms with Crippen LogP contribution in [0.5, 0.6) is 0 Å². The number of hydrogen-bond acceptors (Lipinski definition) is 3. The molecule has 1 aromatic carbocycles. The van der Waals surface area contributed by atoms with Crippen molar-refractivity contribution in [3.63, 3.8) is 0 Å². The second-order valence-electron chi connectivity index (χ2n) is 5.21. The lowest BCUT2D eigenvalue weighted by atomic mass is 10.1. The molecule has 110 valence electrons. The van der Waals surface area contributed by atoms with Crippen LogP contribution in [0.15, 0.2) is 24.3 Å². The molecule has 0 aliphatic heterocycles. The van der Waals surface area contributed by atoms with E-state index in [4.69, 9.17) is 9.72 Å². The minimum absolute atomic E-state index is 0.422. The number of benzene rings is 1. The molecule has 0 fully saturated rings. The van der Waals surface area contributed by atoms with Crippen LogP contribution in [-0.4, -0.2) is 35.9 Å². The maximum absolute atomic E-state index is 5.21. The maximum atomic E-state index is 5.21. The van der Waals surface area contributed by atoms with E-state index in [-0.39, 0.29) is 0 Å².